The van der Waals surface area contributed by atoms with Gasteiger partial charge in [0, 0.05) is 12.6 Å². The van der Waals surface area contributed by atoms with E-state index < -0.39 is 0 Å². The SMILES string of the molecule is COc1ccccc1CCCNC1CCCNC1.Cl.Cl. The molecule has 0 aromatic heterocycles. The Morgan fingerprint density at radius 3 is 2.80 bits per heavy atom. The van der Waals surface area contributed by atoms with Crippen molar-refractivity contribution < 1.29 is 4.74 Å². The first kappa shape index (κ1) is 19.5. The number of methoxy groups -OCH3 is 1. The molecule has 1 heterocycles. The highest BCUT2D eigenvalue weighted by Crippen LogP contribution is 2.18. The van der Waals surface area contributed by atoms with Crippen molar-refractivity contribution >= 4 is 24.8 Å². The van der Waals surface area contributed by atoms with Gasteiger partial charge in [-0.15, -0.1) is 24.8 Å². The predicted octanol–water partition coefficient (Wildman–Crippen LogP) is 2.81. The molecule has 1 aliphatic rings. The molecule has 0 radical (unpaired) electrons. The molecule has 0 aliphatic carbocycles. The van der Waals surface area contributed by atoms with Gasteiger partial charge < -0.3 is 15.4 Å². The molecule has 20 heavy (non-hydrogen) atoms. The van der Waals surface area contributed by atoms with Gasteiger partial charge in [0.2, 0.25) is 0 Å². The summed E-state index contributed by atoms with van der Waals surface area (Å²) in [5, 5.41) is 7.06. The average molecular weight is 321 g/mol. The quantitative estimate of drug-likeness (QED) is 0.791. The third kappa shape index (κ3) is 6.31. The van der Waals surface area contributed by atoms with E-state index >= 15 is 0 Å². The molecular formula is C15H26Cl2N2O. The van der Waals surface area contributed by atoms with E-state index in [1.54, 1.807) is 7.11 Å². The minimum atomic E-state index is 0. The number of ether oxygens (including phenoxy) is 1. The first-order chi connectivity index (χ1) is 8.90. The minimum Gasteiger partial charge on any atom is -0.496 e. The van der Waals surface area contributed by atoms with Crippen LogP contribution in [0.15, 0.2) is 24.3 Å². The lowest BCUT2D eigenvalue weighted by Crippen LogP contribution is -2.43. The fourth-order valence-corrected chi connectivity index (χ4v) is 2.52. The molecule has 1 fully saturated rings. The van der Waals surface area contributed by atoms with Gasteiger partial charge in [-0.2, -0.15) is 0 Å². The summed E-state index contributed by atoms with van der Waals surface area (Å²) in [5.41, 5.74) is 1.31. The van der Waals surface area contributed by atoms with Crippen molar-refractivity contribution in [3.05, 3.63) is 29.8 Å². The topological polar surface area (TPSA) is 33.3 Å². The maximum atomic E-state index is 5.36. The van der Waals surface area contributed by atoms with Gasteiger partial charge >= 0.3 is 0 Å². The summed E-state index contributed by atoms with van der Waals surface area (Å²) in [7, 11) is 1.74. The Bertz CT molecular complexity index is 357. The largest absolute Gasteiger partial charge is 0.496 e. The van der Waals surface area contributed by atoms with Gasteiger partial charge in [-0.25, -0.2) is 0 Å². The molecule has 1 aromatic rings. The molecule has 3 nitrogen and oxygen atoms in total. The maximum Gasteiger partial charge on any atom is 0.122 e. The van der Waals surface area contributed by atoms with Gasteiger partial charge in [0.15, 0.2) is 0 Å². The molecule has 1 aromatic carbocycles. The summed E-state index contributed by atoms with van der Waals surface area (Å²) in [6, 6.07) is 8.95. The number of nitrogens with one attached hydrogen (secondary N) is 2. The fourth-order valence-electron chi connectivity index (χ4n) is 2.52. The Kier molecular flexibility index (Phi) is 10.9. The number of para-hydroxylation sites is 1. The number of aryl methyl sites for hydroxylation is 1. The third-order valence-electron chi connectivity index (χ3n) is 3.55. The molecule has 5 heteroatoms. The number of hydrogen-bond donors (Lipinski definition) is 2. The number of rotatable bonds is 6. The van der Waals surface area contributed by atoms with Crippen LogP contribution in [0.1, 0.15) is 24.8 Å². The van der Waals surface area contributed by atoms with Crippen LogP contribution in [0.4, 0.5) is 0 Å². The van der Waals surface area contributed by atoms with E-state index in [1.165, 1.54) is 24.9 Å². The second-order valence-corrected chi connectivity index (χ2v) is 4.91. The molecule has 0 amide bonds. The summed E-state index contributed by atoms with van der Waals surface area (Å²) >= 11 is 0. The van der Waals surface area contributed by atoms with Crippen LogP contribution in [-0.2, 0) is 6.42 Å². The van der Waals surface area contributed by atoms with E-state index in [-0.39, 0.29) is 24.8 Å². The number of hydrogen-bond acceptors (Lipinski definition) is 3. The summed E-state index contributed by atoms with van der Waals surface area (Å²) in [4.78, 5) is 0. The second-order valence-electron chi connectivity index (χ2n) is 4.91. The Labute approximate surface area is 134 Å². The standard InChI is InChI=1S/C15H24N2O.2ClH/c1-18-15-9-3-2-6-13(15)7-4-11-17-14-8-5-10-16-12-14;;/h2-3,6,9,14,16-17H,4-5,7-8,10-12H2,1H3;2*1H. The number of benzene rings is 1. The van der Waals surface area contributed by atoms with Crippen LogP contribution >= 0.6 is 24.8 Å². The lowest BCUT2D eigenvalue weighted by Gasteiger charge is -2.23. The van der Waals surface area contributed by atoms with Crippen LogP contribution in [0.5, 0.6) is 5.75 Å². The van der Waals surface area contributed by atoms with Crippen molar-refractivity contribution in [2.45, 2.75) is 31.7 Å². The summed E-state index contributed by atoms with van der Waals surface area (Å²) in [5.74, 6) is 1.01. The monoisotopic (exact) mass is 320 g/mol. The molecule has 0 saturated carbocycles. The first-order valence-electron chi connectivity index (χ1n) is 6.96. The van der Waals surface area contributed by atoms with E-state index in [0.717, 1.165) is 31.7 Å². The van der Waals surface area contributed by atoms with E-state index in [2.05, 4.69) is 22.8 Å². The van der Waals surface area contributed by atoms with Crippen LogP contribution in [0.2, 0.25) is 0 Å². The fraction of sp³-hybridized carbons (Fsp3) is 0.600. The number of piperidine rings is 1. The molecule has 1 saturated heterocycles. The zero-order valence-electron chi connectivity index (χ0n) is 12.1. The molecule has 1 unspecified atom stereocenters. The van der Waals surface area contributed by atoms with Gasteiger partial charge in [-0.05, 0) is 50.4 Å². The molecule has 1 atom stereocenters. The molecule has 1 aliphatic heterocycles. The van der Waals surface area contributed by atoms with Crippen molar-refractivity contribution in [2.24, 2.45) is 0 Å². The highest BCUT2D eigenvalue weighted by atomic mass is 35.5. The van der Waals surface area contributed by atoms with E-state index in [0.29, 0.717) is 6.04 Å². The Balaban J connectivity index is 0.00000180. The van der Waals surface area contributed by atoms with Crippen molar-refractivity contribution in [3.63, 3.8) is 0 Å². The lowest BCUT2D eigenvalue weighted by molar-refractivity contribution is 0.386. The van der Waals surface area contributed by atoms with Crippen LogP contribution in [0.25, 0.3) is 0 Å². The molecular weight excluding hydrogens is 295 g/mol. The molecule has 2 N–H and O–H groups in total. The maximum absolute atomic E-state index is 5.36. The van der Waals surface area contributed by atoms with Crippen LogP contribution < -0.4 is 15.4 Å². The Morgan fingerprint density at radius 2 is 2.10 bits per heavy atom. The third-order valence-corrected chi connectivity index (χ3v) is 3.55. The van der Waals surface area contributed by atoms with Gasteiger partial charge in [0.05, 0.1) is 7.11 Å². The van der Waals surface area contributed by atoms with Gasteiger partial charge in [0.1, 0.15) is 5.75 Å². The zero-order chi connectivity index (χ0) is 12.6. The summed E-state index contributed by atoms with van der Waals surface area (Å²) in [6.07, 6.45) is 4.85. The Hall–Kier alpha value is -0.480. The highest BCUT2D eigenvalue weighted by Gasteiger charge is 2.11. The Morgan fingerprint density at radius 1 is 1.30 bits per heavy atom. The zero-order valence-corrected chi connectivity index (χ0v) is 13.7. The normalized spacial score (nSPS) is 17.8. The van der Waals surface area contributed by atoms with Crippen molar-refractivity contribution in [1.82, 2.24) is 10.6 Å². The van der Waals surface area contributed by atoms with Crippen LogP contribution in [0, 0.1) is 0 Å². The van der Waals surface area contributed by atoms with E-state index in [1.807, 2.05) is 12.1 Å². The van der Waals surface area contributed by atoms with Crippen LogP contribution in [-0.4, -0.2) is 32.8 Å². The number of halogens is 2. The lowest BCUT2D eigenvalue weighted by atomic mass is 10.1. The highest BCUT2D eigenvalue weighted by molar-refractivity contribution is 5.85. The van der Waals surface area contributed by atoms with Crippen molar-refractivity contribution in [3.8, 4) is 5.75 Å². The van der Waals surface area contributed by atoms with E-state index in [9.17, 15) is 0 Å². The van der Waals surface area contributed by atoms with Crippen molar-refractivity contribution in [2.75, 3.05) is 26.7 Å². The molecule has 0 bridgehead atoms. The predicted molar refractivity (Wildman–Crippen MR) is 89.7 cm³/mol. The molecule has 0 spiro atoms. The average Bonchev–Trinajstić information content (AvgIpc) is 2.45. The van der Waals surface area contributed by atoms with Gasteiger partial charge in [-0.1, -0.05) is 18.2 Å². The van der Waals surface area contributed by atoms with E-state index in [4.69, 9.17) is 4.74 Å². The van der Waals surface area contributed by atoms with Crippen LogP contribution in [0.3, 0.4) is 0 Å². The van der Waals surface area contributed by atoms with Gasteiger partial charge in [0.25, 0.3) is 0 Å². The summed E-state index contributed by atoms with van der Waals surface area (Å²) < 4.78 is 5.36. The van der Waals surface area contributed by atoms with Gasteiger partial charge in [-0.3, -0.25) is 0 Å². The smallest absolute Gasteiger partial charge is 0.122 e. The van der Waals surface area contributed by atoms with Crippen molar-refractivity contribution in [1.29, 1.82) is 0 Å². The molecule has 116 valence electrons. The minimum absolute atomic E-state index is 0. The molecule has 2 rings (SSSR count). The first-order valence-corrected chi connectivity index (χ1v) is 6.96. The second kappa shape index (κ2) is 11.2. The summed E-state index contributed by atoms with van der Waals surface area (Å²) in [6.45, 7) is 3.39.